The van der Waals surface area contributed by atoms with Gasteiger partial charge in [0.15, 0.2) is 5.76 Å². The molecular weight excluding hydrogens is 396 g/mol. The van der Waals surface area contributed by atoms with Gasteiger partial charge in [-0.05, 0) is 39.8 Å². The fourth-order valence-corrected chi connectivity index (χ4v) is 5.44. The van der Waals surface area contributed by atoms with Crippen LogP contribution in [0.1, 0.15) is 24.3 Å². The van der Waals surface area contributed by atoms with E-state index in [-0.39, 0.29) is 42.1 Å². The van der Waals surface area contributed by atoms with E-state index < -0.39 is 15.6 Å². The number of aryl methyl sites for hydroxylation is 2. The molecule has 0 bridgehead atoms. The normalized spacial score (nSPS) is 20.9. The zero-order chi connectivity index (χ0) is 18.9. The number of nitrogens with one attached hydrogen (secondary N) is 1. The summed E-state index contributed by atoms with van der Waals surface area (Å²) < 4.78 is 37.7. The summed E-state index contributed by atoms with van der Waals surface area (Å²) in [4.78, 5) is 14.8. The molecule has 1 aromatic heterocycles. The standard InChI is InChI=1S/C16H26N4O5S.ClH/c1-12-14(13(2)25-18-12)26(22,23)20-10-8-19(9-11-20)15(21)16(24-3)4-6-17-7-5-16;/h17H,4-11H2,1-3H3;1H. The summed E-state index contributed by atoms with van der Waals surface area (Å²) >= 11 is 0. The molecule has 3 rings (SSSR count). The molecule has 0 aliphatic carbocycles. The van der Waals surface area contributed by atoms with Crippen molar-refractivity contribution in [2.75, 3.05) is 46.4 Å². The second-order valence-electron chi connectivity index (χ2n) is 6.80. The number of hydrogen-bond donors (Lipinski definition) is 1. The quantitative estimate of drug-likeness (QED) is 0.744. The van der Waals surface area contributed by atoms with E-state index in [2.05, 4.69) is 10.5 Å². The molecule has 2 aliphatic heterocycles. The molecule has 1 amide bonds. The Morgan fingerprint density at radius 3 is 2.26 bits per heavy atom. The second-order valence-corrected chi connectivity index (χ2v) is 8.67. The summed E-state index contributed by atoms with van der Waals surface area (Å²) in [6.45, 7) is 5.86. The van der Waals surface area contributed by atoms with Crippen LogP contribution in [0.4, 0.5) is 0 Å². The van der Waals surface area contributed by atoms with Crippen LogP contribution < -0.4 is 5.32 Å². The third kappa shape index (κ3) is 4.00. The maximum absolute atomic E-state index is 13.0. The predicted octanol–water partition coefficient (Wildman–Crippen LogP) is 0.315. The number of methoxy groups -OCH3 is 1. The maximum atomic E-state index is 13.0. The van der Waals surface area contributed by atoms with Crippen molar-refractivity contribution in [1.29, 1.82) is 0 Å². The van der Waals surface area contributed by atoms with E-state index in [4.69, 9.17) is 9.26 Å². The van der Waals surface area contributed by atoms with Gasteiger partial charge >= 0.3 is 0 Å². The highest BCUT2D eigenvalue weighted by atomic mass is 35.5. The van der Waals surface area contributed by atoms with Gasteiger partial charge in [0.1, 0.15) is 16.2 Å². The zero-order valence-electron chi connectivity index (χ0n) is 15.9. The smallest absolute Gasteiger partial charge is 0.254 e. The molecule has 3 heterocycles. The highest BCUT2D eigenvalue weighted by molar-refractivity contribution is 7.89. The number of sulfonamides is 1. The molecule has 9 nitrogen and oxygen atoms in total. The topological polar surface area (TPSA) is 105 Å². The second kappa shape index (κ2) is 8.44. The number of hydrogen-bond acceptors (Lipinski definition) is 7. The van der Waals surface area contributed by atoms with Gasteiger partial charge in [0, 0.05) is 33.3 Å². The van der Waals surface area contributed by atoms with Crippen LogP contribution in [0.25, 0.3) is 0 Å². The minimum atomic E-state index is -3.68. The van der Waals surface area contributed by atoms with Crippen molar-refractivity contribution in [2.24, 2.45) is 0 Å². The van der Waals surface area contributed by atoms with Gasteiger partial charge in [-0.2, -0.15) is 4.31 Å². The number of nitrogens with zero attached hydrogens (tertiary/aromatic N) is 3. The highest BCUT2D eigenvalue weighted by Crippen LogP contribution is 2.28. The maximum Gasteiger partial charge on any atom is 0.254 e. The summed E-state index contributed by atoms with van der Waals surface area (Å²) in [6.07, 6.45) is 1.25. The zero-order valence-corrected chi connectivity index (χ0v) is 17.5. The number of piperidine rings is 1. The molecule has 2 aliphatic rings. The van der Waals surface area contributed by atoms with Crippen LogP contribution >= 0.6 is 12.4 Å². The van der Waals surface area contributed by atoms with Gasteiger partial charge in [-0.1, -0.05) is 5.16 Å². The van der Waals surface area contributed by atoms with Crippen LogP contribution in [0.3, 0.4) is 0 Å². The minimum Gasteiger partial charge on any atom is -0.368 e. The molecule has 0 spiro atoms. The largest absolute Gasteiger partial charge is 0.368 e. The first-order valence-corrected chi connectivity index (χ1v) is 10.2. The highest BCUT2D eigenvalue weighted by Gasteiger charge is 2.44. The third-order valence-electron chi connectivity index (χ3n) is 5.28. The molecule has 0 atom stereocenters. The predicted molar refractivity (Wildman–Crippen MR) is 100 cm³/mol. The van der Waals surface area contributed by atoms with Crippen molar-refractivity contribution in [2.45, 2.75) is 37.2 Å². The van der Waals surface area contributed by atoms with E-state index in [1.165, 1.54) is 4.31 Å². The average Bonchev–Trinajstić information content (AvgIpc) is 3.00. The lowest BCUT2D eigenvalue weighted by molar-refractivity contribution is -0.159. The Labute approximate surface area is 165 Å². The lowest BCUT2D eigenvalue weighted by atomic mass is 9.90. The van der Waals surface area contributed by atoms with Gasteiger partial charge in [0.2, 0.25) is 10.0 Å². The molecule has 1 aromatic rings. The Balaban J connectivity index is 0.00000261. The Kier molecular flexibility index (Phi) is 6.91. The van der Waals surface area contributed by atoms with Crippen molar-refractivity contribution >= 4 is 28.3 Å². The van der Waals surface area contributed by atoms with E-state index in [1.807, 2.05) is 0 Å². The summed E-state index contributed by atoms with van der Waals surface area (Å²) in [6, 6.07) is 0. The number of amides is 1. The van der Waals surface area contributed by atoms with Crippen molar-refractivity contribution in [3.05, 3.63) is 11.5 Å². The van der Waals surface area contributed by atoms with E-state index in [9.17, 15) is 13.2 Å². The Hall–Kier alpha value is -1.20. The van der Waals surface area contributed by atoms with Crippen LogP contribution in [-0.4, -0.2) is 80.7 Å². The van der Waals surface area contributed by atoms with Gasteiger partial charge in [-0.15, -0.1) is 12.4 Å². The van der Waals surface area contributed by atoms with Gasteiger partial charge < -0.3 is 19.5 Å². The number of aromatic nitrogens is 1. The van der Waals surface area contributed by atoms with Crippen LogP contribution in [0.5, 0.6) is 0 Å². The van der Waals surface area contributed by atoms with Crippen LogP contribution in [0, 0.1) is 13.8 Å². The Morgan fingerprint density at radius 2 is 1.78 bits per heavy atom. The van der Waals surface area contributed by atoms with Gasteiger partial charge in [-0.3, -0.25) is 4.79 Å². The van der Waals surface area contributed by atoms with Crippen molar-refractivity contribution in [3.63, 3.8) is 0 Å². The summed E-state index contributed by atoms with van der Waals surface area (Å²) in [5.74, 6) is 0.241. The lowest BCUT2D eigenvalue weighted by Crippen LogP contribution is -2.59. The van der Waals surface area contributed by atoms with Crippen LogP contribution in [0.2, 0.25) is 0 Å². The monoisotopic (exact) mass is 422 g/mol. The molecule has 2 saturated heterocycles. The SMILES string of the molecule is COC1(C(=O)N2CCN(S(=O)(=O)c3c(C)noc3C)CC2)CCNCC1.Cl. The lowest BCUT2D eigenvalue weighted by Gasteiger charge is -2.41. The summed E-state index contributed by atoms with van der Waals surface area (Å²) in [5, 5.41) is 6.97. The first-order valence-electron chi connectivity index (χ1n) is 8.80. The van der Waals surface area contributed by atoms with Crippen molar-refractivity contribution in [1.82, 2.24) is 19.7 Å². The minimum absolute atomic E-state index is 0. The number of carbonyl (C=O) groups excluding carboxylic acids is 1. The molecular formula is C16H27ClN4O5S. The fourth-order valence-electron chi connectivity index (χ4n) is 3.73. The average molecular weight is 423 g/mol. The van der Waals surface area contributed by atoms with E-state index in [1.54, 1.807) is 25.9 Å². The number of halogens is 1. The molecule has 1 N–H and O–H groups in total. The first kappa shape index (κ1) is 22.1. The fraction of sp³-hybridized carbons (Fsp3) is 0.750. The number of rotatable bonds is 4. The number of ether oxygens (including phenoxy) is 1. The molecule has 2 fully saturated rings. The summed E-state index contributed by atoms with van der Waals surface area (Å²) in [7, 11) is -2.11. The number of carbonyl (C=O) groups is 1. The first-order chi connectivity index (χ1) is 12.3. The van der Waals surface area contributed by atoms with E-state index in [0.29, 0.717) is 31.6 Å². The number of piperazine rings is 1. The molecule has 0 unspecified atom stereocenters. The van der Waals surface area contributed by atoms with Crippen LogP contribution in [-0.2, 0) is 19.6 Å². The third-order valence-corrected chi connectivity index (χ3v) is 7.43. The van der Waals surface area contributed by atoms with Gasteiger partial charge in [0.05, 0.1) is 0 Å². The molecule has 0 aromatic carbocycles. The molecule has 11 heteroatoms. The summed E-state index contributed by atoms with van der Waals surface area (Å²) in [5.41, 5.74) is -0.442. The molecule has 27 heavy (non-hydrogen) atoms. The Morgan fingerprint density at radius 1 is 1.19 bits per heavy atom. The van der Waals surface area contributed by atoms with Crippen LogP contribution in [0.15, 0.2) is 9.42 Å². The molecule has 0 saturated carbocycles. The van der Waals surface area contributed by atoms with Gasteiger partial charge in [-0.25, -0.2) is 8.42 Å². The van der Waals surface area contributed by atoms with Crippen molar-refractivity contribution < 1.29 is 22.5 Å². The molecule has 154 valence electrons. The van der Waals surface area contributed by atoms with Crippen molar-refractivity contribution in [3.8, 4) is 0 Å². The van der Waals surface area contributed by atoms with E-state index in [0.717, 1.165) is 13.1 Å². The van der Waals surface area contributed by atoms with E-state index >= 15 is 0 Å². The van der Waals surface area contributed by atoms with Gasteiger partial charge in [0.25, 0.3) is 5.91 Å². The molecule has 0 radical (unpaired) electrons. The Bertz CT molecular complexity index is 748.